The third-order valence-electron chi connectivity index (χ3n) is 6.80. The molecule has 2 fully saturated rings. The normalized spacial score (nSPS) is 30.4. The summed E-state index contributed by atoms with van der Waals surface area (Å²) in [5.41, 5.74) is 4.08. The standard InChI is InChI=1S/C22H21Cl2NO2/c1-27-22(26)12-4-2-11(3-5-12)20-19-14-7-6-13(8-14)18(19)16-9-15(23)10-17(24)21(16)25-20/h2-5,9-10,13-14,18-20,25H,6-8H2,1H3. The zero-order valence-corrected chi connectivity index (χ0v) is 16.6. The van der Waals surface area contributed by atoms with Crippen LogP contribution in [0, 0.1) is 17.8 Å². The molecule has 3 aliphatic rings. The first-order valence-electron chi connectivity index (χ1n) is 9.50. The molecule has 1 N–H and O–H groups in total. The van der Waals surface area contributed by atoms with E-state index in [2.05, 4.69) is 11.4 Å². The van der Waals surface area contributed by atoms with E-state index in [1.54, 1.807) is 0 Å². The molecule has 2 aromatic carbocycles. The second-order valence-corrected chi connectivity index (χ2v) is 8.87. The van der Waals surface area contributed by atoms with E-state index in [0.717, 1.165) is 11.6 Å². The summed E-state index contributed by atoms with van der Waals surface area (Å²) in [4.78, 5) is 11.8. The van der Waals surface area contributed by atoms with Gasteiger partial charge in [0.1, 0.15) is 0 Å². The lowest BCUT2D eigenvalue weighted by atomic mass is 9.68. The lowest BCUT2D eigenvalue weighted by Gasteiger charge is -2.44. The highest BCUT2D eigenvalue weighted by Gasteiger charge is 2.54. The van der Waals surface area contributed by atoms with Crippen molar-refractivity contribution < 1.29 is 9.53 Å². The van der Waals surface area contributed by atoms with Crippen LogP contribution in [0.2, 0.25) is 10.0 Å². The summed E-state index contributed by atoms with van der Waals surface area (Å²) in [6.45, 7) is 0. The van der Waals surface area contributed by atoms with Crippen LogP contribution in [0.5, 0.6) is 0 Å². The maximum absolute atomic E-state index is 11.8. The number of ether oxygens (including phenoxy) is 1. The second kappa shape index (κ2) is 6.42. The van der Waals surface area contributed by atoms with Gasteiger partial charge < -0.3 is 10.1 Å². The number of nitrogens with one attached hydrogen (secondary N) is 1. The molecule has 2 aromatic rings. The van der Waals surface area contributed by atoms with E-state index in [1.807, 2.05) is 30.3 Å². The Morgan fingerprint density at radius 1 is 1.11 bits per heavy atom. The van der Waals surface area contributed by atoms with Crippen molar-refractivity contribution in [3.05, 3.63) is 63.1 Å². The van der Waals surface area contributed by atoms with Crippen molar-refractivity contribution in [3.63, 3.8) is 0 Å². The Bertz CT molecular complexity index is 911. The number of fused-ring (bicyclic) bond motifs is 7. The minimum absolute atomic E-state index is 0.197. The second-order valence-electron chi connectivity index (χ2n) is 8.02. The topological polar surface area (TPSA) is 38.3 Å². The molecule has 1 heterocycles. The lowest BCUT2D eigenvalue weighted by molar-refractivity contribution is 0.0600. The average Bonchev–Trinajstić information content (AvgIpc) is 3.29. The van der Waals surface area contributed by atoms with Crippen molar-refractivity contribution in [1.82, 2.24) is 0 Å². The Labute approximate surface area is 169 Å². The Kier molecular flexibility index (Phi) is 4.14. The molecule has 27 heavy (non-hydrogen) atoms. The van der Waals surface area contributed by atoms with Crippen molar-refractivity contribution in [2.45, 2.75) is 31.2 Å². The molecule has 0 aromatic heterocycles. The molecule has 2 saturated carbocycles. The van der Waals surface area contributed by atoms with E-state index in [0.29, 0.717) is 33.4 Å². The number of carbonyl (C=O) groups excluding carboxylic acids is 1. The predicted octanol–water partition coefficient (Wildman–Crippen LogP) is 6.08. The number of hydrogen-bond donors (Lipinski definition) is 1. The van der Waals surface area contributed by atoms with Crippen LogP contribution in [0.25, 0.3) is 0 Å². The maximum atomic E-state index is 11.8. The van der Waals surface area contributed by atoms with Crippen LogP contribution in [0.15, 0.2) is 36.4 Å². The smallest absolute Gasteiger partial charge is 0.337 e. The van der Waals surface area contributed by atoms with Gasteiger partial charge in [0.25, 0.3) is 0 Å². The number of rotatable bonds is 2. The molecule has 5 atom stereocenters. The fourth-order valence-corrected chi connectivity index (χ4v) is 6.35. The molecule has 0 saturated heterocycles. The van der Waals surface area contributed by atoms with Crippen molar-refractivity contribution in [3.8, 4) is 0 Å². The third-order valence-corrected chi connectivity index (χ3v) is 7.32. The maximum Gasteiger partial charge on any atom is 0.337 e. The summed E-state index contributed by atoms with van der Waals surface area (Å²) in [5, 5.41) is 5.12. The van der Waals surface area contributed by atoms with Gasteiger partial charge in [-0.1, -0.05) is 35.3 Å². The van der Waals surface area contributed by atoms with Gasteiger partial charge >= 0.3 is 5.97 Å². The monoisotopic (exact) mass is 401 g/mol. The molecule has 5 unspecified atom stereocenters. The first-order chi connectivity index (χ1) is 13.1. The Morgan fingerprint density at radius 3 is 2.59 bits per heavy atom. The van der Waals surface area contributed by atoms with Crippen molar-refractivity contribution in [2.24, 2.45) is 17.8 Å². The van der Waals surface area contributed by atoms with Gasteiger partial charge in [0.2, 0.25) is 0 Å². The van der Waals surface area contributed by atoms with Crippen LogP contribution in [-0.2, 0) is 4.74 Å². The van der Waals surface area contributed by atoms with E-state index < -0.39 is 0 Å². The van der Waals surface area contributed by atoms with Crippen molar-refractivity contribution in [2.75, 3.05) is 12.4 Å². The number of halogens is 2. The largest absolute Gasteiger partial charge is 0.465 e. The van der Waals surface area contributed by atoms with Gasteiger partial charge in [-0.3, -0.25) is 0 Å². The SMILES string of the molecule is COC(=O)c1ccc(C2Nc3c(Cl)cc(Cl)cc3C3C4CCC(C4)C23)cc1. The van der Waals surface area contributed by atoms with Crippen LogP contribution >= 0.6 is 23.2 Å². The Balaban J connectivity index is 1.58. The molecule has 2 bridgehead atoms. The first kappa shape index (κ1) is 17.4. The number of hydrogen-bond acceptors (Lipinski definition) is 3. The van der Waals surface area contributed by atoms with Crippen molar-refractivity contribution >= 4 is 34.9 Å². The third kappa shape index (κ3) is 2.67. The van der Waals surface area contributed by atoms with E-state index in [-0.39, 0.29) is 12.0 Å². The molecule has 140 valence electrons. The molecule has 0 amide bonds. The van der Waals surface area contributed by atoms with Gasteiger partial charge in [-0.25, -0.2) is 4.79 Å². The number of esters is 1. The number of carbonyl (C=O) groups is 1. The summed E-state index contributed by atoms with van der Waals surface area (Å²) in [6.07, 6.45) is 3.88. The minimum atomic E-state index is -0.306. The summed E-state index contributed by atoms with van der Waals surface area (Å²) < 4.78 is 4.82. The van der Waals surface area contributed by atoms with E-state index in [1.165, 1.54) is 37.5 Å². The van der Waals surface area contributed by atoms with Gasteiger partial charge in [0.05, 0.1) is 29.4 Å². The highest BCUT2D eigenvalue weighted by atomic mass is 35.5. The average molecular weight is 402 g/mol. The Hall–Kier alpha value is -1.71. The minimum Gasteiger partial charge on any atom is -0.465 e. The highest BCUT2D eigenvalue weighted by molar-refractivity contribution is 6.36. The van der Waals surface area contributed by atoms with Gasteiger partial charge in [0, 0.05) is 5.02 Å². The van der Waals surface area contributed by atoms with Crippen LogP contribution < -0.4 is 5.32 Å². The molecular weight excluding hydrogens is 381 g/mol. The fraction of sp³-hybridized carbons (Fsp3) is 0.409. The summed E-state index contributed by atoms with van der Waals surface area (Å²) in [7, 11) is 1.41. The highest BCUT2D eigenvalue weighted by Crippen LogP contribution is 2.64. The molecule has 0 spiro atoms. The molecule has 1 aliphatic heterocycles. The zero-order valence-electron chi connectivity index (χ0n) is 15.0. The summed E-state index contributed by atoms with van der Waals surface area (Å²) in [5.74, 6) is 2.17. The van der Waals surface area contributed by atoms with Gasteiger partial charge in [-0.05, 0) is 78.3 Å². The molecule has 0 radical (unpaired) electrons. The summed E-state index contributed by atoms with van der Waals surface area (Å²) >= 11 is 12.9. The molecular formula is C22H21Cl2NO2. The molecule has 3 nitrogen and oxygen atoms in total. The quantitative estimate of drug-likeness (QED) is 0.619. The number of benzene rings is 2. The van der Waals surface area contributed by atoms with Gasteiger partial charge in [0.15, 0.2) is 0 Å². The van der Waals surface area contributed by atoms with Crippen molar-refractivity contribution in [1.29, 1.82) is 0 Å². The molecule has 5 heteroatoms. The van der Waals surface area contributed by atoms with Crippen LogP contribution in [0.4, 0.5) is 5.69 Å². The predicted molar refractivity (Wildman–Crippen MR) is 108 cm³/mol. The van der Waals surface area contributed by atoms with Gasteiger partial charge in [-0.15, -0.1) is 0 Å². The first-order valence-corrected chi connectivity index (χ1v) is 10.3. The lowest BCUT2D eigenvalue weighted by Crippen LogP contribution is -2.35. The zero-order chi connectivity index (χ0) is 18.7. The number of methoxy groups -OCH3 is 1. The Morgan fingerprint density at radius 2 is 1.85 bits per heavy atom. The fourth-order valence-electron chi connectivity index (χ4n) is 5.79. The number of anilines is 1. The van der Waals surface area contributed by atoms with E-state index >= 15 is 0 Å². The molecule has 2 aliphatic carbocycles. The van der Waals surface area contributed by atoms with Crippen LogP contribution in [0.3, 0.4) is 0 Å². The molecule has 5 rings (SSSR count). The van der Waals surface area contributed by atoms with Crippen LogP contribution in [-0.4, -0.2) is 13.1 Å². The van der Waals surface area contributed by atoms with E-state index in [4.69, 9.17) is 27.9 Å². The van der Waals surface area contributed by atoms with Crippen LogP contribution in [0.1, 0.15) is 52.7 Å². The summed E-state index contributed by atoms with van der Waals surface area (Å²) in [6, 6.07) is 11.9. The van der Waals surface area contributed by atoms with E-state index in [9.17, 15) is 4.79 Å². The van der Waals surface area contributed by atoms with Gasteiger partial charge in [-0.2, -0.15) is 0 Å².